The first-order chi connectivity index (χ1) is 12.3. The summed E-state index contributed by atoms with van der Waals surface area (Å²) >= 11 is 0. The van der Waals surface area contributed by atoms with Gasteiger partial charge in [0.1, 0.15) is 5.60 Å². The number of amides is 2. The Hall–Kier alpha value is -2.48. The maximum absolute atomic E-state index is 12.1. The molecule has 1 aromatic carbocycles. The highest BCUT2D eigenvalue weighted by Gasteiger charge is 2.15. The topological polar surface area (TPSA) is 67.4 Å². The van der Waals surface area contributed by atoms with Gasteiger partial charge in [0.2, 0.25) is 0 Å². The summed E-state index contributed by atoms with van der Waals surface area (Å²) in [6.45, 7) is 6.78. The predicted octanol–water partition coefficient (Wildman–Crippen LogP) is 3.87. The largest absolute Gasteiger partial charge is 0.444 e. The van der Waals surface area contributed by atoms with E-state index in [2.05, 4.69) is 16.6 Å². The van der Waals surface area contributed by atoms with Crippen LogP contribution in [0, 0.1) is 12.3 Å². The summed E-state index contributed by atoms with van der Waals surface area (Å²) in [5.41, 5.74) is 0.695. The standard InChI is InChI=1S/C21H30N2O3/c1-5-17-13-9-10-14-18(17)19(24)22-15-11-7-6-8-12-16-23-20(25)26-21(2,3)4/h1,9-10,13-14H,6-8,11-12,15-16H2,2-4H3,(H,22,24)(H,23,25). The number of ether oxygens (including phenoxy) is 1. The summed E-state index contributed by atoms with van der Waals surface area (Å²) < 4.78 is 5.17. The molecule has 0 saturated carbocycles. The van der Waals surface area contributed by atoms with Crippen LogP contribution in [-0.2, 0) is 4.74 Å². The van der Waals surface area contributed by atoms with Crippen LogP contribution >= 0.6 is 0 Å². The van der Waals surface area contributed by atoms with Crippen molar-refractivity contribution in [3.8, 4) is 12.3 Å². The third-order valence-electron chi connectivity index (χ3n) is 3.63. The van der Waals surface area contributed by atoms with E-state index in [-0.39, 0.29) is 12.0 Å². The Kier molecular flexibility index (Phi) is 9.29. The molecule has 0 saturated heterocycles. The molecule has 2 N–H and O–H groups in total. The summed E-state index contributed by atoms with van der Waals surface area (Å²) in [5.74, 6) is 2.40. The lowest BCUT2D eigenvalue weighted by Gasteiger charge is -2.19. The van der Waals surface area contributed by atoms with Crippen LogP contribution in [0.25, 0.3) is 0 Å². The summed E-state index contributed by atoms with van der Waals surface area (Å²) in [4.78, 5) is 23.6. The van der Waals surface area contributed by atoms with E-state index in [9.17, 15) is 9.59 Å². The molecule has 0 bridgehead atoms. The van der Waals surface area contributed by atoms with Gasteiger partial charge in [0, 0.05) is 18.7 Å². The second-order valence-electron chi connectivity index (χ2n) is 7.14. The molecule has 0 spiro atoms. The smallest absolute Gasteiger partial charge is 0.407 e. The fraction of sp³-hybridized carbons (Fsp3) is 0.524. The number of terminal acetylenes is 1. The Morgan fingerprint density at radius 2 is 1.58 bits per heavy atom. The van der Waals surface area contributed by atoms with Crippen molar-refractivity contribution in [1.29, 1.82) is 0 Å². The first-order valence-corrected chi connectivity index (χ1v) is 9.14. The van der Waals surface area contributed by atoms with Gasteiger partial charge in [-0.15, -0.1) is 6.42 Å². The third-order valence-corrected chi connectivity index (χ3v) is 3.63. The van der Waals surface area contributed by atoms with Gasteiger partial charge in [-0.2, -0.15) is 0 Å². The van der Waals surface area contributed by atoms with Crippen LogP contribution < -0.4 is 10.6 Å². The van der Waals surface area contributed by atoms with Gasteiger partial charge in [-0.3, -0.25) is 4.79 Å². The van der Waals surface area contributed by atoms with E-state index in [0.717, 1.165) is 32.1 Å². The molecule has 5 heteroatoms. The first kappa shape index (κ1) is 21.6. The van der Waals surface area contributed by atoms with E-state index < -0.39 is 5.60 Å². The molecule has 1 rings (SSSR count). The Bertz CT molecular complexity index is 627. The zero-order valence-electron chi connectivity index (χ0n) is 16.1. The fourth-order valence-corrected chi connectivity index (χ4v) is 2.39. The van der Waals surface area contributed by atoms with E-state index in [1.165, 1.54) is 0 Å². The number of unbranched alkanes of at least 4 members (excludes halogenated alkanes) is 4. The average Bonchev–Trinajstić information content (AvgIpc) is 2.58. The number of alkyl carbamates (subject to hydrolysis) is 1. The van der Waals surface area contributed by atoms with Crippen LogP contribution in [0.3, 0.4) is 0 Å². The van der Waals surface area contributed by atoms with E-state index in [1.54, 1.807) is 18.2 Å². The zero-order chi connectivity index (χ0) is 19.4. The number of nitrogens with one attached hydrogen (secondary N) is 2. The zero-order valence-corrected chi connectivity index (χ0v) is 16.1. The van der Waals surface area contributed by atoms with Gasteiger partial charge in [0.25, 0.3) is 5.91 Å². The molecule has 0 aliphatic heterocycles. The number of hydrogen-bond donors (Lipinski definition) is 2. The number of benzene rings is 1. The second kappa shape index (κ2) is 11.2. The highest BCUT2D eigenvalue weighted by Crippen LogP contribution is 2.08. The Balaban J connectivity index is 2.05. The predicted molar refractivity (Wildman–Crippen MR) is 104 cm³/mol. The lowest BCUT2D eigenvalue weighted by molar-refractivity contribution is 0.0527. The summed E-state index contributed by atoms with van der Waals surface area (Å²) in [6, 6.07) is 7.13. The Morgan fingerprint density at radius 1 is 1.00 bits per heavy atom. The van der Waals surface area contributed by atoms with E-state index in [0.29, 0.717) is 24.2 Å². The molecule has 142 valence electrons. The van der Waals surface area contributed by atoms with Crippen molar-refractivity contribution in [2.45, 2.75) is 58.5 Å². The molecule has 0 aliphatic rings. The molecule has 0 aromatic heterocycles. The summed E-state index contributed by atoms with van der Waals surface area (Å²) in [6.07, 6.45) is 10.0. The minimum atomic E-state index is -0.463. The number of hydrogen-bond acceptors (Lipinski definition) is 3. The van der Waals surface area contributed by atoms with Gasteiger partial charge >= 0.3 is 6.09 Å². The fourth-order valence-electron chi connectivity index (χ4n) is 2.39. The molecule has 0 radical (unpaired) electrons. The summed E-state index contributed by atoms with van der Waals surface area (Å²) in [5, 5.41) is 5.66. The van der Waals surface area contributed by atoms with Crippen molar-refractivity contribution < 1.29 is 14.3 Å². The monoisotopic (exact) mass is 358 g/mol. The minimum Gasteiger partial charge on any atom is -0.444 e. The number of carbonyl (C=O) groups is 2. The molecule has 26 heavy (non-hydrogen) atoms. The molecule has 0 heterocycles. The first-order valence-electron chi connectivity index (χ1n) is 9.14. The highest BCUT2D eigenvalue weighted by atomic mass is 16.6. The van der Waals surface area contributed by atoms with Crippen LogP contribution in [0.1, 0.15) is 68.8 Å². The number of rotatable bonds is 9. The van der Waals surface area contributed by atoms with E-state index in [4.69, 9.17) is 11.2 Å². The van der Waals surface area contributed by atoms with Crippen molar-refractivity contribution in [2.75, 3.05) is 13.1 Å². The number of carbonyl (C=O) groups excluding carboxylic acids is 2. The maximum atomic E-state index is 12.1. The van der Waals surface area contributed by atoms with Crippen molar-refractivity contribution >= 4 is 12.0 Å². The lowest BCUT2D eigenvalue weighted by Crippen LogP contribution is -2.32. The SMILES string of the molecule is C#Cc1ccccc1C(=O)NCCCCCCCNC(=O)OC(C)(C)C. The molecule has 2 amide bonds. The second-order valence-corrected chi connectivity index (χ2v) is 7.14. The maximum Gasteiger partial charge on any atom is 0.407 e. The Morgan fingerprint density at radius 3 is 2.19 bits per heavy atom. The van der Waals surface area contributed by atoms with Gasteiger partial charge in [0.15, 0.2) is 0 Å². The average molecular weight is 358 g/mol. The molecule has 5 nitrogen and oxygen atoms in total. The van der Waals surface area contributed by atoms with Crippen molar-refractivity contribution in [3.05, 3.63) is 35.4 Å². The molecule has 0 unspecified atom stereocenters. The normalized spacial score (nSPS) is 10.7. The highest BCUT2D eigenvalue weighted by molar-refractivity contribution is 5.96. The van der Waals surface area contributed by atoms with Gasteiger partial charge in [-0.25, -0.2) is 4.79 Å². The van der Waals surface area contributed by atoms with E-state index in [1.807, 2.05) is 26.8 Å². The molecular weight excluding hydrogens is 328 g/mol. The van der Waals surface area contributed by atoms with Crippen LogP contribution in [0.2, 0.25) is 0 Å². The van der Waals surface area contributed by atoms with Gasteiger partial charge < -0.3 is 15.4 Å². The van der Waals surface area contributed by atoms with Crippen LogP contribution in [0.15, 0.2) is 24.3 Å². The summed E-state index contributed by atoms with van der Waals surface area (Å²) in [7, 11) is 0. The van der Waals surface area contributed by atoms with Crippen molar-refractivity contribution in [1.82, 2.24) is 10.6 Å². The van der Waals surface area contributed by atoms with Gasteiger partial charge in [0.05, 0.1) is 5.56 Å². The third kappa shape index (κ3) is 9.12. The minimum absolute atomic E-state index is 0.125. The molecule has 0 aliphatic carbocycles. The Labute approximate surface area is 156 Å². The molecule has 0 atom stereocenters. The van der Waals surface area contributed by atoms with Crippen LogP contribution in [-0.4, -0.2) is 30.7 Å². The van der Waals surface area contributed by atoms with Crippen LogP contribution in [0.5, 0.6) is 0 Å². The van der Waals surface area contributed by atoms with Crippen LogP contribution in [0.4, 0.5) is 4.79 Å². The quantitative estimate of drug-likeness (QED) is 0.520. The van der Waals surface area contributed by atoms with Gasteiger partial charge in [-0.05, 0) is 45.7 Å². The van der Waals surface area contributed by atoms with Gasteiger partial charge in [-0.1, -0.05) is 37.3 Å². The molecule has 0 fully saturated rings. The molecule has 1 aromatic rings. The molecular formula is C21H30N2O3. The van der Waals surface area contributed by atoms with Crippen molar-refractivity contribution in [3.63, 3.8) is 0 Å². The van der Waals surface area contributed by atoms with Crippen molar-refractivity contribution in [2.24, 2.45) is 0 Å². The van der Waals surface area contributed by atoms with E-state index >= 15 is 0 Å². The lowest BCUT2D eigenvalue weighted by atomic mass is 10.1.